The predicted octanol–water partition coefficient (Wildman–Crippen LogP) is 1.11. The third-order valence-corrected chi connectivity index (χ3v) is 3.02. The molecule has 0 N–H and O–H groups in total. The molecule has 1 saturated heterocycles. The fourth-order valence-electron chi connectivity index (χ4n) is 1.99. The molecule has 0 amide bonds. The first-order valence-electron chi connectivity index (χ1n) is 6.43. The summed E-state index contributed by atoms with van der Waals surface area (Å²) in [6, 6.07) is 5.38. The largest absolute Gasteiger partial charge is 0.465 e. The van der Waals surface area contributed by atoms with Gasteiger partial charge < -0.3 is 14.2 Å². The van der Waals surface area contributed by atoms with E-state index >= 15 is 0 Å². The van der Waals surface area contributed by atoms with Crippen molar-refractivity contribution in [2.75, 3.05) is 7.11 Å². The fourth-order valence-corrected chi connectivity index (χ4v) is 1.99. The summed E-state index contributed by atoms with van der Waals surface area (Å²) < 4.78 is 14.3. The zero-order valence-electron chi connectivity index (χ0n) is 12.2. The van der Waals surface area contributed by atoms with Gasteiger partial charge in [0.15, 0.2) is 5.78 Å². The molecule has 2 rings (SSSR count). The van der Waals surface area contributed by atoms with E-state index < -0.39 is 35.4 Å². The van der Waals surface area contributed by atoms with E-state index in [0.717, 1.165) is 0 Å². The van der Waals surface area contributed by atoms with Gasteiger partial charge in [0.2, 0.25) is 5.92 Å². The van der Waals surface area contributed by atoms with Gasteiger partial charge in [-0.25, -0.2) is 4.79 Å². The molecule has 1 heterocycles. The summed E-state index contributed by atoms with van der Waals surface area (Å²) in [6.45, 7) is 2.79. The number of ether oxygens (including phenoxy) is 3. The Kier molecular flexibility index (Phi) is 3.99. The average molecular weight is 306 g/mol. The van der Waals surface area contributed by atoms with Crippen LogP contribution in [-0.2, 0) is 23.8 Å². The van der Waals surface area contributed by atoms with Crippen molar-refractivity contribution in [3.8, 4) is 0 Å². The van der Waals surface area contributed by atoms with E-state index in [0.29, 0.717) is 0 Å². The maximum Gasteiger partial charge on any atom is 0.337 e. The zero-order valence-corrected chi connectivity index (χ0v) is 12.2. The maximum absolute atomic E-state index is 12.3. The van der Waals surface area contributed by atoms with E-state index in [2.05, 4.69) is 4.74 Å². The lowest BCUT2D eigenvalue weighted by Gasteiger charge is -2.32. The molecule has 1 aromatic carbocycles. The highest BCUT2D eigenvalue weighted by Crippen LogP contribution is 2.25. The molecule has 0 aliphatic carbocycles. The first-order chi connectivity index (χ1) is 10.2. The lowest BCUT2D eigenvalue weighted by Crippen LogP contribution is -2.49. The molecule has 1 aliphatic rings. The average Bonchev–Trinajstić information content (AvgIpc) is 2.44. The second-order valence-electron chi connectivity index (χ2n) is 5.11. The number of Topliss-reactive ketones (excluding diaryl/α,β-unsaturated/α-hetero) is 1. The zero-order chi connectivity index (χ0) is 16.5. The number of carbonyl (C=O) groups excluding carboxylic acids is 4. The van der Waals surface area contributed by atoms with Gasteiger partial charge in [-0.15, -0.1) is 0 Å². The van der Waals surface area contributed by atoms with Gasteiger partial charge in [0.05, 0.1) is 12.7 Å². The molecule has 1 aliphatic heterocycles. The van der Waals surface area contributed by atoms with Crippen LogP contribution in [0.15, 0.2) is 24.3 Å². The number of methoxy groups -OCH3 is 1. The van der Waals surface area contributed by atoms with E-state index in [1.165, 1.54) is 45.2 Å². The quantitative estimate of drug-likeness (QED) is 0.469. The summed E-state index contributed by atoms with van der Waals surface area (Å²) in [4.78, 5) is 47.3. The van der Waals surface area contributed by atoms with Crippen LogP contribution in [0.4, 0.5) is 0 Å². The Labute approximate surface area is 126 Å². The molecular weight excluding hydrogens is 292 g/mol. The Bertz CT molecular complexity index is 622. The van der Waals surface area contributed by atoms with Crippen LogP contribution in [0.25, 0.3) is 0 Å². The molecule has 0 aromatic heterocycles. The van der Waals surface area contributed by atoms with Crippen molar-refractivity contribution < 1.29 is 33.4 Å². The highest BCUT2D eigenvalue weighted by Gasteiger charge is 2.47. The summed E-state index contributed by atoms with van der Waals surface area (Å²) in [7, 11) is 1.23. The summed E-state index contributed by atoms with van der Waals surface area (Å²) in [5, 5.41) is 0. The smallest absolute Gasteiger partial charge is 0.337 e. The van der Waals surface area contributed by atoms with Crippen LogP contribution in [0.1, 0.15) is 34.6 Å². The van der Waals surface area contributed by atoms with E-state index in [9.17, 15) is 19.2 Å². The van der Waals surface area contributed by atoms with Gasteiger partial charge in [-0.05, 0) is 12.1 Å². The summed E-state index contributed by atoms with van der Waals surface area (Å²) in [5.74, 6) is -6.26. The molecule has 0 unspecified atom stereocenters. The van der Waals surface area contributed by atoms with Gasteiger partial charge in [0.25, 0.3) is 5.79 Å². The Balaban J connectivity index is 2.23. The van der Waals surface area contributed by atoms with E-state index in [1.54, 1.807) is 0 Å². The number of hydrogen-bond acceptors (Lipinski definition) is 7. The predicted molar refractivity (Wildman–Crippen MR) is 71.9 cm³/mol. The fraction of sp³-hybridized carbons (Fsp3) is 0.333. The van der Waals surface area contributed by atoms with Crippen molar-refractivity contribution in [2.24, 2.45) is 5.92 Å². The second-order valence-corrected chi connectivity index (χ2v) is 5.11. The first kappa shape index (κ1) is 15.7. The molecule has 1 aromatic rings. The van der Waals surface area contributed by atoms with Crippen molar-refractivity contribution in [3.05, 3.63) is 35.4 Å². The Morgan fingerprint density at radius 1 is 1.00 bits per heavy atom. The van der Waals surface area contributed by atoms with Gasteiger partial charge in [0, 0.05) is 19.4 Å². The molecular formula is C15H14O7. The van der Waals surface area contributed by atoms with Crippen molar-refractivity contribution in [1.82, 2.24) is 0 Å². The standard InChI is InChI=1S/C15H14O7/c1-15(2)21-13(18)10(14(19)22-15)11(16)8-4-6-9(7-5-8)12(17)20-3/h4-7,10H,1-3H3. The first-order valence-corrected chi connectivity index (χ1v) is 6.43. The summed E-state index contributed by atoms with van der Waals surface area (Å²) >= 11 is 0. The molecule has 1 fully saturated rings. The molecule has 116 valence electrons. The second kappa shape index (κ2) is 5.59. The molecule has 0 spiro atoms. The van der Waals surface area contributed by atoms with E-state index in [-0.39, 0.29) is 11.1 Å². The molecule has 7 heteroatoms. The molecule has 0 radical (unpaired) electrons. The highest BCUT2D eigenvalue weighted by molar-refractivity contribution is 6.21. The van der Waals surface area contributed by atoms with Crippen LogP contribution in [0.3, 0.4) is 0 Å². The van der Waals surface area contributed by atoms with Crippen LogP contribution >= 0.6 is 0 Å². The summed E-state index contributed by atoms with van der Waals surface area (Å²) in [5.41, 5.74) is 0.334. The number of carbonyl (C=O) groups is 4. The van der Waals surface area contributed by atoms with E-state index in [4.69, 9.17) is 9.47 Å². The van der Waals surface area contributed by atoms with Crippen LogP contribution in [-0.4, -0.2) is 36.6 Å². The number of ketones is 1. The van der Waals surface area contributed by atoms with Crippen molar-refractivity contribution in [2.45, 2.75) is 19.6 Å². The Morgan fingerprint density at radius 3 is 1.91 bits per heavy atom. The Hall–Kier alpha value is -2.70. The van der Waals surface area contributed by atoms with Gasteiger partial charge in [0.1, 0.15) is 0 Å². The SMILES string of the molecule is COC(=O)c1ccc(C(=O)C2C(=O)OC(C)(C)OC2=O)cc1. The highest BCUT2D eigenvalue weighted by atomic mass is 16.7. The lowest BCUT2D eigenvalue weighted by atomic mass is 9.96. The lowest BCUT2D eigenvalue weighted by molar-refractivity contribution is -0.236. The molecule has 7 nitrogen and oxygen atoms in total. The number of benzene rings is 1. The van der Waals surface area contributed by atoms with Crippen LogP contribution in [0.2, 0.25) is 0 Å². The van der Waals surface area contributed by atoms with Gasteiger partial charge in [-0.2, -0.15) is 0 Å². The van der Waals surface area contributed by atoms with Gasteiger partial charge in [-0.1, -0.05) is 12.1 Å². The van der Waals surface area contributed by atoms with Gasteiger partial charge in [-0.3, -0.25) is 14.4 Å². The number of cyclic esters (lactones) is 2. The van der Waals surface area contributed by atoms with E-state index in [1.807, 2.05) is 0 Å². The summed E-state index contributed by atoms with van der Waals surface area (Å²) in [6.07, 6.45) is 0. The maximum atomic E-state index is 12.3. The van der Waals surface area contributed by atoms with Crippen LogP contribution in [0.5, 0.6) is 0 Å². The van der Waals surface area contributed by atoms with Crippen LogP contribution < -0.4 is 0 Å². The van der Waals surface area contributed by atoms with Crippen molar-refractivity contribution in [3.63, 3.8) is 0 Å². The normalized spacial score (nSPS) is 17.4. The minimum atomic E-state index is -1.66. The molecule has 22 heavy (non-hydrogen) atoms. The molecule has 0 saturated carbocycles. The van der Waals surface area contributed by atoms with Crippen molar-refractivity contribution >= 4 is 23.7 Å². The molecule has 0 bridgehead atoms. The number of rotatable bonds is 3. The molecule has 0 atom stereocenters. The minimum absolute atomic E-state index is 0.0891. The van der Waals surface area contributed by atoms with Crippen LogP contribution in [0, 0.1) is 5.92 Å². The third kappa shape index (κ3) is 2.98. The minimum Gasteiger partial charge on any atom is -0.465 e. The number of hydrogen-bond donors (Lipinski definition) is 0. The van der Waals surface area contributed by atoms with Crippen molar-refractivity contribution in [1.29, 1.82) is 0 Å². The monoisotopic (exact) mass is 306 g/mol. The van der Waals surface area contributed by atoms with Gasteiger partial charge >= 0.3 is 17.9 Å². The topological polar surface area (TPSA) is 96.0 Å². The number of esters is 3. The Morgan fingerprint density at radius 2 is 1.45 bits per heavy atom. The third-order valence-electron chi connectivity index (χ3n) is 3.02.